The van der Waals surface area contributed by atoms with Crippen LogP contribution in [0.25, 0.3) is 0 Å². The molecule has 0 bridgehead atoms. The molecule has 1 aliphatic rings. The minimum Gasteiger partial charge on any atom is -0.497 e. The molecule has 6 nitrogen and oxygen atoms in total. The van der Waals surface area contributed by atoms with E-state index >= 15 is 0 Å². The van der Waals surface area contributed by atoms with Crippen molar-refractivity contribution in [3.8, 4) is 5.75 Å². The average Bonchev–Trinajstić information content (AvgIpc) is 3.16. The summed E-state index contributed by atoms with van der Waals surface area (Å²) in [5.74, 6) is 1.32. The van der Waals surface area contributed by atoms with Crippen LogP contribution in [0.2, 0.25) is 0 Å². The van der Waals surface area contributed by atoms with Gasteiger partial charge in [-0.05, 0) is 43.2 Å². The summed E-state index contributed by atoms with van der Waals surface area (Å²) in [7, 11) is 1.60. The van der Waals surface area contributed by atoms with E-state index in [2.05, 4.69) is 0 Å². The van der Waals surface area contributed by atoms with Crippen LogP contribution < -0.4 is 10.5 Å². The number of furan rings is 1. The van der Waals surface area contributed by atoms with Gasteiger partial charge in [0, 0.05) is 24.6 Å². The number of methoxy groups -OCH3 is 1. The molecular formula is C19H22N2O4. The van der Waals surface area contributed by atoms with Crippen LogP contribution in [0.1, 0.15) is 39.3 Å². The summed E-state index contributed by atoms with van der Waals surface area (Å²) in [6.07, 6.45) is 2.77. The van der Waals surface area contributed by atoms with Gasteiger partial charge >= 0.3 is 0 Å². The Morgan fingerprint density at radius 2 is 1.88 bits per heavy atom. The summed E-state index contributed by atoms with van der Waals surface area (Å²) in [4.78, 5) is 26.9. The van der Waals surface area contributed by atoms with Gasteiger partial charge in [-0.1, -0.05) is 0 Å². The second-order valence-electron chi connectivity index (χ2n) is 6.17. The van der Waals surface area contributed by atoms with E-state index in [-0.39, 0.29) is 24.2 Å². The van der Waals surface area contributed by atoms with Gasteiger partial charge < -0.3 is 19.8 Å². The highest BCUT2D eigenvalue weighted by molar-refractivity contribution is 5.98. The second kappa shape index (κ2) is 7.53. The van der Waals surface area contributed by atoms with Crippen molar-refractivity contribution >= 4 is 11.7 Å². The van der Waals surface area contributed by atoms with Gasteiger partial charge in [-0.25, -0.2) is 0 Å². The topological polar surface area (TPSA) is 85.8 Å². The standard InChI is InChI=1S/C19H22N2O4/c1-24-16-4-2-13(3-5-16)18(22)14-6-8-21(9-7-14)19(23)15-10-17(11-20)25-12-15/h2-5,10,12,14H,6-9,11,20H2,1H3. The zero-order valence-electron chi connectivity index (χ0n) is 14.2. The van der Waals surface area contributed by atoms with Gasteiger partial charge in [0.25, 0.3) is 5.91 Å². The third-order valence-corrected chi connectivity index (χ3v) is 4.63. The first-order valence-corrected chi connectivity index (χ1v) is 8.37. The van der Waals surface area contributed by atoms with Crippen molar-refractivity contribution in [3.05, 3.63) is 53.5 Å². The third kappa shape index (κ3) is 3.74. The van der Waals surface area contributed by atoms with Crippen molar-refractivity contribution in [3.63, 3.8) is 0 Å². The number of piperidine rings is 1. The zero-order chi connectivity index (χ0) is 17.8. The molecule has 2 aromatic rings. The lowest BCUT2D eigenvalue weighted by molar-refractivity contribution is 0.0649. The SMILES string of the molecule is COc1ccc(C(=O)C2CCN(C(=O)c3coc(CN)c3)CC2)cc1. The fraction of sp³-hybridized carbons (Fsp3) is 0.368. The molecule has 1 aromatic heterocycles. The highest BCUT2D eigenvalue weighted by Crippen LogP contribution is 2.24. The van der Waals surface area contributed by atoms with Gasteiger partial charge in [-0.3, -0.25) is 9.59 Å². The number of hydrogen-bond donors (Lipinski definition) is 1. The predicted octanol–water partition coefficient (Wildman–Crippen LogP) is 2.48. The van der Waals surface area contributed by atoms with Gasteiger partial charge in [0.05, 0.1) is 19.2 Å². The highest BCUT2D eigenvalue weighted by atomic mass is 16.5. The molecular weight excluding hydrogens is 320 g/mol. The van der Waals surface area contributed by atoms with Crippen molar-refractivity contribution in [2.45, 2.75) is 19.4 Å². The minimum absolute atomic E-state index is 0.0543. The van der Waals surface area contributed by atoms with Crippen LogP contribution in [0.15, 0.2) is 41.0 Å². The summed E-state index contributed by atoms with van der Waals surface area (Å²) in [5, 5.41) is 0. The van der Waals surface area contributed by atoms with Crippen molar-refractivity contribution in [1.29, 1.82) is 0 Å². The molecule has 1 amide bonds. The number of nitrogens with zero attached hydrogens (tertiary/aromatic N) is 1. The van der Waals surface area contributed by atoms with Crippen LogP contribution >= 0.6 is 0 Å². The van der Waals surface area contributed by atoms with Gasteiger partial charge in [0.2, 0.25) is 0 Å². The lowest BCUT2D eigenvalue weighted by atomic mass is 9.88. The molecule has 1 aliphatic heterocycles. The Labute approximate surface area is 146 Å². The summed E-state index contributed by atoms with van der Waals surface area (Å²) >= 11 is 0. The number of Topliss-reactive ketones (excluding diaryl/α,β-unsaturated/α-hetero) is 1. The zero-order valence-corrected chi connectivity index (χ0v) is 14.2. The Hall–Kier alpha value is -2.60. The molecule has 6 heteroatoms. The van der Waals surface area contributed by atoms with Crippen molar-refractivity contribution in [1.82, 2.24) is 4.90 Å². The first-order valence-electron chi connectivity index (χ1n) is 8.37. The Bertz CT molecular complexity index is 743. The summed E-state index contributed by atoms with van der Waals surface area (Å²) in [5.41, 5.74) is 6.70. The number of likely N-dealkylation sites (tertiary alicyclic amines) is 1. The molecule has 1 saturated heterocycles. The molecule has 0 aliphatic carbocycles. The number of ketones is 1. The molecule has 3 rings (SSSR count). The van der Waals surface area contributed by atoms with Crippen LogP contribution in [-0.4, -0.2) is 36.8 Å². The van der Waals surface area contributed by atoms with E-state index < -0.39 is 0 Å². The monoisotopic (exact) mass is 342 g/mol. The van der Waals surface area contributed by atoms with Crippen LogP contribution in [0.4, 0.5) is 0 Å². The van der Waals surface area contributed by atoms with Gasteiger partial charge in [0.1, 0.15) is 17.8 Å². The van der Waals surface area contributed by atoms with E-state index in [1.807, 2.05) is 0 Å². The molecule has 132 valence electrons. The fourth-order valence-corrected chi connectivity index (χ4v) is 3.12. The summed E-state index contributed by atoms with van der Waals surface area (Å²) in [6, 6.07) is 8.84. The van der Waals surface area contributed by atoms with Crippen LogP contribution in [0, 0.1) is 5.92 Å². The predicted molar refractivity (Wildman–Crippen MR) is 92.6 cm³/mol. The van der Waals surface area contributed by atoms with Gasteiger partial charge in [-0.15, -0.1) is 0 Å². The number of carbonyl (C=O) groups excluding carboxylic acids is 2. The Morgan fingerprint density at radius 3 is 2.44 bits per heavy atom. The number of carbonyl (C=O) groups is 2. The summed E-state index contributed by atoms with van der Waals surface area (Å²) < 4.78 is 10.3. The lowest BCUT2D eigenvalue weighted by Crippen LogP contribution is -2.40. The molecule has 1 fully saturated rings. The smallest absolute Gasteiger partial charge is 0.257 e. The number of nitrogens with two attached hydrogens (primary N) is 1. The Balaban J connectivity index is 1.59. The molecule has 0 radical (unpaired) electrons. The average molecular weight is 342 g/mol. The third-order valence-electron chi connectivity index (χ3n) is 4.63. The Kier molecular flexibility index (Phi) is 5.19. The molecule has 0 atom stereocenters. The van der Waals surface area contributed by atoms with Gasteiger partial charge in [-0.2, -0.15) is 0 Å². The van der Waals surface area contributed by atoms with Crippen molar-refractivity contribution in [2.24, 2.45) is 11.7 Å². The van der Waals surface area contributed by atoms with E-state index in [1.165, 1.54) is 6.26 Å². The maximum atomic E-state index is 12.6. The number of hydrogen-bond acceptors (Lipinski definition) is 5. The first kappa shape index (κ1) is 17.2. The van der Waals surface area contributed by atoms with Gasteiger partial charge in [0.15, 0.2) is 5.78 Å². The normalized spacial score (nSPS) is 15.2. The van der Waals surface area contributed by atoms with E-state index in [4.69, 9.17) is 14.9 Å². The number of benzene rings is 1. The van der Waals surface area contributed by atoms with Crippen LogP contribution in [0.5, 0.6) is 5.75 Å². The van der Waals surface area contributed by atoms with E-state index in [0.29, 0.717) is 42.8 Å². The summed E-state index contributed by atoms with van der Waals surface area (Å²) in [6.45, 7) is 1.40. The highest BCUT2D eigenvalue weighted by Gasteiger charge is 2.29. The number of rotatable bonds is 5. The van der Waals surface area contributed by atoms with Crippen molar-refractivity contribution < 1.29 is 18.7 Å². The molecule has 0 spiro atoms. The second-order valence-corrected chi connectivity index (χ2v) is 6.17. The van der Waals surface area contributed by atoms with Crippen LogP contribution in [-0.2, 0) is 6.54 Å². The molecule has 25 heavy (non-hydrogen) atoms. The van der Waals surface area contributed by atoms with E-state index in [0.717, 1.165) is 5.75 Å². The molecule has 2 N–H and O–H groups in total. The minimum atomic E-state index is -0.0706. The quantitative estimate of drug-likeness (QED) is 0.844. The lowest BCUT2D eigenvalue weighted by Gasteiger charge is -2.31. The molecule has 2 heterocycles. The Morgan fingerprint density at radius 1 is 1.20 bits per heavy atom. The molecule has 0 unspecified atom stereocenters. The van der Waals surface area contributed by atoms with E-state index in [9.17, 15) is 9.59 Å². The maximum Gasteiger partial charge on any atom is 0.257 e. The van der Waals surface area contributed by atoms with Crippen LogP contribution in [0.3, 0.4) is 0 Å². The maximum absolute atomic E-state index is 12.6. The van der Waals surface area contributed by atoms with E-state index in [1.54, 1.807) is 42.3 Å². The fourth-order valence-electron chi connectivity index (χ4n) is 3.12. The number of amides is 1. The molecule has 0 saturated carbocycles. The van der Waals surface area contributed by atoms with Crippen molar-refractivity contribution in [2.75, 3.05) is 20.2 Å². The largest absolute Gasteiger partial charge is 0.497 e. The number of ether oxygens (including phenoxy) is 1. The molecule has 1 aromatic carbocycles. The first-order chi connectivity index (χ1) is 12.1.